The van der Waals surface area contributed by atoms with Crippen LogP contribution in [0.1, 0.15) is 17.3 Å². The zero-order chi connectivity index (χ0) is 13.8. The van der Waals surface area contributed by atoms with Gasteiger partial charge in [-0.05, 0) is 58.5 Å². The van der Waals surface area contributed by atoms with Gasteiger partial charge in [-0.15, -0.1) is 0 Å². The predicted molar refractivity (Wildman–Crippen MR) is 84.1 cm³/mol. The van der Waals surface area contributed by atoms with Crippen LogP contribution in [0.2, 0.25) is 5.02 Å². The highest BCUT2D eigenvalue weighted by Gasteiger charge is 2.20. The molecule has 0 saturated heterocycles. The molecule has 2 aromatic rings. The van der Waals surface area contributed by atoms with Gasteiger partial charge in [0.1, 0.15) is 11.4 Å². The SMILES string of the molecule is COc1cccnc1C(NN)c1cc(Cl)ccc1I. The molecule has 0 spiro atoms. The van der Waals surface area contributed by atoms with Crippen molar-refractivity contribution in [2.75, 3.05) is 7.11 Å². The minimum absolute atomic E-state index is 0.276. The molecule has 6 heteroatoms. The number of ether oxygens (including phenoxy) is 1. The number of pyridine rings is 1. The van der Waals surface area contributed by atoms with E-state index in [9.17, 15) is 0 Å². The lowest BCUT2D eigenvalue weighted by Gasteiger charge is -2.19. The van der Waals surface area contributed by atoms with Crippen LogP contribution in [-0.2, 0) is 0 Å². The second kappa shape index (κ2) is 6.51. The van der Waals surface area contributed by atoms with Crippen molar-refractivity contribution in [3.05, 3.63) is 56.4 Å². The van der Waals surface area contributed by atoms with Gasteiger partial charge in [0.05, 0.1) is 13.2 Å². The summed E-state index contributed by atoms with van der Waals surface area (Å²) in [6.07, 6.45) is 1.71. The van der Waals surface area contributed by atoms with Crippen molar-refractivity contribution in [2.24, 2.45) is 5.84 Å². The molecule has 2 rings (SSSR count). The Morgan fingerprint density at radius 3 is 2.89 bits per heavy atom. The van der Waals surface area contributed by atoms with Crippen LogP contribution in [0.25, 0.3) is 0 Å². The van der Waals surface area contributed by atoms with Crippen molar-refractivity contribution in [1.29, 1.82) is 0 Å². The number of benzene rings is 1. The summed E-state index contributed by atoms with van der Waals surface area (Å²) in [6.45, 7) is 0. The Bertz CT molecular complexity index is 580. The highest BCUT2D eigenvalue weighted by atomic mass is 127. The largest absolute Gasteiger partial charge is 0.495 e. The first-order valence-electron chi connectivity index (χ1n) is 5.57. The molecule has 1 aromatic heterocycles. The second-order valence-electron chi connectivity index (χ2n) is 3.86. The first-order chi connectivity index (χ1) is 9.17. The monoisotopic (exact) mass is 389 g/mol. The molecular formula is C13H13ClIN3O. The molecule has 0 radical (unpaired) electrons. The van der Waals surface area contributed by atoms with E-state index in [1.807, 2.05) is 30.3 Å². The van der Waals surface area contributed by atoms with E-state index in [2.05, 4.69) is 33.0 Å². The Hall–Kier alpha value is -0.890. The van der Waals surface area contributed by atoms with Crippen molar-refractivity contribution in [1.82, 2.24) is 10.4 Å². The molecule has 0 bridgehead atoms. The van der Waals surface area contributed by atoms with E-state index < -0.39 is 0 Å². The second-order valence-corrected chi connectivity index (χ2v) is 5.46. The van der Waals surface area contributed by atoms with Crippen molar-refractivity contribution < 1.29 is 4.74 Å². The summed E-state index contributed by atoms with van der Waals surface area (Å²) in [5.41, 5.74) is 4.47. The van der Waals surface area contributed by atoms with Gasteiger partial charge in [0.15, 0.2) is 0 Å². The molecule has 4 nitrogen and oxygen atoms in total. The molecule has 0 aliphatic rings. The van der Waals surface area contributed by atoms with Crippen LogP contribution >= 0.6 is 34.2 Å². The van der Waals surface area contributed by atoms with Crippen molar-refractivity contribution in [3.63, 3.8) is 0 Å². The third-order valence-corrected chi connectivity index (χ3v) is 3.95. The summed E-state index contributed by atoms with van der Waals surface area (Å²) in [4.78, 5) is 4.35. The molecule has 0 saturated carbocycles. The molecule has 1 atom stereocenters. The maximum atomic E-state index is 6.06. The number of hydrogen-bond acceptors (Lipinski definition) is 4. The molecule has 0 fully saturated rings. The van der Waals surface area contributed by atoms with Crippen LogP contribution in [0.5, 0.6) is 5.75 Å². The Labute approximate surface area is 130 Å². The first-order valence-corrected chi connectivity index (χ1v) is 7.03. The van der Waals surface area contributed by atoms with Gasteiger partial charge in [-0.2, -0.15) is 0 Å². The summed E-state index contributed by atoms with van der Waals surface area (Å²) in [6, 6.07) is 9.06. The predicted octanol–water partition coefficient (Wildman–Crippen LogP) is 2.90. The van der Waals surface area contributed by atoms with E-state index in [-0.39, 0.29) is 6.04 Å². The number of nitrogens with two attached hydrogens (primary N) is 1. The highest BCUT2D eigenvalue weighted by Crippen LogP contribution is 2.31. The van der Waals surface area contributed by atoms with E-state index >= 15 is 0 Å². The molecule has 0 aliphatic heterocycles. The fourth-order valence-electron chi connectivity index (χ4n) is 1.84. The number of halogens is 2. The van der Waals surface area contributed by atoms with Gasteiger partial charge in [0.25, 0.3) is 0 Å². The average molecular weight is 390 g/mol. The Kier molecular flexibility index (Phi) is 4.98. The number of rotatable bonds is 4. The van der Waals surface area contributed by atoms with E-state index in [1.165, 1.54) is 0 Å². The molecule has 1 unspecified atom stereocenters. The summed E-state index contributed by atoms with van der Waals surface area (Å²) in [5, 5.41) is 0.658. The Balaban J connectivity index is 2.53. The molecule has 0 aliphatic carbocycles. The zero-order valence-corrected chi connectivity index (χ0v) is 13.1. The zero-order valence-electron chi connectivity index (χ0n) is 10.2. The third-order valence-electron chi connectivity index (χ3n) is 2.73. The van der Waals surface area contributed by atoms with E-state index in [0.717, 1.165) is 14.8 Å². The average Bonchev–Trinajstić information content (AvgIpc) is 2.44. The maximum Gasteiger partial charge on any atom is 0.142 e. The number of hydrogen-bond donors (Lipinski definition) is 2. The standard InChI is InChI=1S/C13H13ClIN3O/c1-19-11-3-2-6-17-13(11)12(18-16)9-7-8(14)4-5-10(9)15/h2-7,12,18H,16H2,1H3. The van der Waals surface area contributed by atoms with Gasteiger partial charge in [0.2, 0.25) is 0 Å². The van der Waals surface area contributed by atoms with E-state index in [1.54, 1.807) is 13.3 Å². The molecule has 0 amide bonds. The minimum atomic E-state index is -0.276. The van der Waals surface area contributed by atoms with Gasteiger partial charge < -0.3 is 4.74 Å². The molecule has 1 aromatic carbocycles. The number of hydrazine groups is 1. The first kappa shape index (κ1) is 14.5. The van der Waals surface area contributed by atoms with Crippen LogP contribution in [0, 0.1) is 3.57 Å². The fourth-order valence-corrected chi connectivity index (χ4v) is 2.67. The molecule has 3 N–H and O–H groups in total. The van der Waals surface area contributed by atoms with E-state index in [4.69, 9.17) is 22.2 Å². The number of methoxy groups -OCH3 is 1. The van der Waals surface area contributed by atoms with Gasteiger partial charge in [-0.3, -0.25) is 10.8 Å². The Morgan fingerprint density at radius 2 is 2.21 bits per heavy atom. The number of aromatic nitrogens is 1. The summed E-state index contributed by atoms with van der Waals surface area (Å²) in [5.74, 6) is 6.37. The number of nitrogens with one attached hydrogen (secondary N) is 1. The highest BCUT2D eigenvalue weighted by molar-refractivity contribution is 14.1. The van der Waals surface area contributed by atoms with Crippen molar-refractivity contribution >= 4 is 34.2 Å². The Morgan fingerprint density at radius 1 is 1.42 bits per heavy atom. The van der Waals surface area contributed by atoms with Crippen molar-refractivity contribution in [2.45, 2.75) is 6.04 Å². The van der Waals surface area contributed by atoms with Gasteiger partial charge >= 0.3 is 0 Å². The molecular weight excluding hydrogens is 377 g/mol. The minimum Gasteiger partial charge on any atom is -0.495 e. The van der Waals surface area contributed by atoms with Gasteiger partial charge in [0, 0.05) is 14.8 Å². The topological polar surface area (TPSA) is 60.2 Å². The molecule has 100 valence electrons. The number of nitrogens with zero attached hydrogens (tertiary/aromatic N) is 1. The normalized spacial score (nSPS) is 12.2. The lowest BCUT2D eigenvalue weighted by atomic mass is 10.0. The van der Waals surface area contributed by atoms with Crippen LogP contribution in [0.3, 0.4) is 0 Å². The molecule has 19 heavy (non-hydrogen) atoms. The molecule has 1 heterocycles. The summed E-state index contributed by atoms with van der Waals surface area (Å²) in [7, 11) is 1.61. The van der Waals surface area contributed by atoms with Crippen LogP contribution in [0.4, 0.5) is 0 Å². The maximum absolute atomic E-state index is 6.06. The van der Waals surface area contributed by atoms with Crippen LogP contribution in [0.15, 0.2) is 36.5 Å². The van der Waals surface area contributed by atoms with Crippen LogP contribution < -0.4 is 16.0 Å². The van der Waals surface area contributed by atoms with Crippen molar-refractivity contribution in [3.8, 4) is 5.75 Å². The summed E-state index contributed by atoms with van der Waals surface area (Å²) >= 11 is 8.30. The summed E-state index contributed by atoms with van der Waals surface area (Å²) < 4.78 is 6.38. The lowest BCUT2D eigenvalue weighted by molar-refractivity contribution is 0.400. The van der Waals surface area contributed by atoms with Gasteiger partial charge in [-0.25, -0.2) is 5.43 Å². The van der Waals surface area contributed by atoms with Crippen LogP contribution in [-0.4, -0.2) is 12.1 Å². The fraction of sp³-hybridized carbons (Fsp3) is 0.154. The lowest BCUT2D eigenvalue weighted by Crippen LogP contribution is -2.30. The van der Waals surface area contributed by atoms with E-state index in [0.29, 0.717) is 10.8 Å². The van der Waals surface area contributed by atoms with Gasteiger partial charge in [-0.1, -0.05) is 11.6 Å². The smallest absolute Gasteiger partial charge is 0.142 e. The third kappa shape index (κ3) is 3.17. The quantitative estimate of drug-likeness (QED) is 0.480.